The van der Waals surface area contributed by atoms with E-state index >= 15 is 0 Å². The molecule has 0 amide bonds. The Hall–Kier alpha value is -3.94. The van der Waals surface area contributed by atoms with Crippen molar-refractivity contribution in [3.8, 4) is 17.1 Å². The lowest BCUT2D eigenvalue weighted by atomic mass is 10.1. The minimum Gasteiger partial charge on any atom is -0.406 e. The molecule has 0 N–H and O–H groups in total. The first kappa shape index (κ1) is 18.1. The third kappa shape index (κ3) is 3.02. The van der Waals surface area contributed by atoms with Gasteiger partial charge in [0.15, 0.2) is 5.65 Å². The molecule has 2 heterocycles. The maximum atomic E-state index is 13.3. The highest BCUT2D eigenvalue weighted by atomic mass is 19.4. The van der Waals surface area contributed by atoms with E-state index in [0.717, 1.165) is 0 Å². The maximum Gasteiger partial charge on any atom is 0.573 e. The second-order valence-electron chi connectivity index (χ2n) is 6.62. The van der Waals surface area contributed by atoms with Crippen LogP contribution in [0, 0.1) is 0 Å². The lowest BCUT2D eigenvalue weighted by Crippen LogP contribution is -2.19. The molecule has 0 bridgehead atoms. The SMILES string of the molecule is O=c1c2ccccc2nc2c3ccccc3nc(-c3ccc(OC(F)(F)F)cc3)n12. The summed E-state index contributed by atoms with van der Waals surface area (Å²) in [6.07, 6.45) is -4.78. The third-order valence-electron chi connectivity index (χ3n) is 4.70. The molecule has 0 unspecified atom stereocenters. The maximum absolute atomic E-state index is 13.3. The van der Waals surface area contributed by atoms with Crippen molar-refractivity contribution in [2.24, 2.45) is 0 Å². The van der Waals surface area contributed by atoms with Gasteiger partial charge >= 0.3 is 6.36 Å². The average Bonchev–Trinajstić information content (AvgIpc) is 2.73. The molecule has 0 spiro atoms. The summed E-state index contributed by atoms with van der Waals surface area (Å²) >= 11 is 0. The number of hydrogen-bond acceptors (Lipinski definition) is 4. The first-order valence-electron chi connectivity index (χ1n) is 8.97. The molecule has 0 radical (unpaired) electrons. The molecule has 0 aliphatic rings. The second kappa shape index (κ2) is 6.55. The molecule has 0 fully saturated rings. The van der Waals surface area contributed by atoms with E-state index in [2.05, 4.69) is 14.7 Å². The van der Waals surface area contributed by atoms with E-state index in [0.29, 0.717) is 33.0 Å². The molecular weight excluding hydrogens is 395 g/mol. The van der Waals surface area contributed by atoms with Gasteiger partial charge in [0.25, 0.3) is 5.56 Å². The standard InChI is InChI=1S/C22H12F3N3O2/c23-22(24,25)30-14-11-9-13(10-12-14)19-26-17-7-3-1-5-15(17)20-27-18-8-4-2-6-16(18)21(29)28(19)20/h1-12H. The highest BCUT2D eigenvalue weighted by Crippen LogP contribution is 2.28. The van der Waals surface area contributed by atoms with E-state index in [1.165, 1.54) is 28.7 Å². The van der Waals surface area contributed by atoms with Gasteiger partial charge in [0.05, 0.1) is 16.4 Å². The average molecular weight is 407 g/mol. The van der Waals surface area contributed by atoms with Gasteiger partial charge in [0.2, 0.25) is 0 Å². The molecular formula is C22H12F3N3O2. The van der Waals surface area contributed by atoms with Crippen LogP contribution in [0.15, 0.2) is 77.6 Å². The van der Waals surface area contributed by atoms with Gasteiger partial charge in [0.1, 0.15) is 11.6 Å². The molecule has 0 aliphatic carbocycles. The number of aromatic nitrogens is 3. The topological polar surface area (TPSA) is 56.5 Å². The summed E-state index contributed by atoms with van der Waals surface area (Å²) in [5.41, 5.74) is 1.75. The Kier molecular flexibility index (Phi) is 3.95. The molecule has 0 aliphatic heterocycles. The Bertz CT molecular complexity index is 1480. The van der Waals surface area contributed by atoms with Crippen molar-refractivity contribution in [2.75, 3.05) is 0 Å². The van der Waals surface area contributed by atoms with Gasteiger partial charge in [-0.2, -0.15) is 0 Å². The minimum atomic E-state index is -4.78. The van der Waals surface area contributed by atoms with Gasteiger partial charge in [-0.25, -0.2) is 14.4 Å². The molecule has 5 nitrogen and oxygen atoms in total. The number of halogens is 3. The predicted octanol–water partition coefficient (Wildman–Crippen LogP) is 4.96. The van der Waals surface area contributed by atoms with Crippen LogP contribution >= 0.6 is 0 Å². The third-order valence-corrected chi connectivity index (χ3v) is 4.70. The van der Waals surface area contributed by atoms with Crippen molar-refractivity contribution >= 4 is 27.5 Å². The van der Waals surface area contributed by atoms with E-state index in [9.17, 15) is 18.0 Å². The molecule has 0 saturated heterocycles. The zero-order valence-corrected chi connectivity index (χ0v) is 15.2. The number of rotatable bonds is 2. The smallest absolute Gasteiger partial charge is 0.406 e. The second-order valence-corrected chi connectivity index (χ2v) is 6.62. The van der Waals surface area contributed by atoms with Crippen molar-refractivity contribution < 1.29 is 17.9 Å². The summed E-state index contributed by atoms with van der Waals surface area (Å²) in [4.78, 5) is 22.6. The highest BCUT2D eigenvalue weighted by Gasteiger charge is 2.31. The molecule has 0 atom stereocenters. The van der Waals surface area contributed by atoms with Crippen LogP contribution in [0.3, 0.4) is 0 Å². The first-order chi connectivity index (χ1) is 14.4. The van der Waals surface area contributed by atoms with Gasteiger partial charge in [-0.15, -0.1) is 13.2 Å². The molecule has 3 aromatic carbocycles. The van der Waals surface area contributed by atoms with Crippen LogP contribution in [-0.4, -0.2) is 20.7 Å². The summed E-state index contributed by atoms with van der Waals surface area (Å²) in [6, 6.07) is 19.5. The van der Waals surface area contributed by atoms with Crippen molar-refractivity contribution in [2.45, 2.75) is 6.36 Å². The molecule has 30 heavy (non-hydrogen) atoms. The van der Waals surface area contributed by atoms with Crippen LogP contribution in [-0.2, 0) is 0 Å². The fourth-order valence-electron chi connectivity index (χ4n) is 3.43. The van der Waals surface area contributed by atoms with Crippen molar-refractivity contribution in [1.82, 2.24) is 14.4 Å². The lowest BCUT2D eigenvalue weighted by molar-refractivity contribution is -0.274. The monoisotopic (exact) mass is 407 g/mol. The normalized spacial score (nSPS) is 12.0. The van der Waals surface area contributed by atoms with Gasteiger partial charge < -0.3 is 4.74 Å². The van der Waals surface area contributed by atoms with Crippen molar-refractivity contribution in [3.63, 3.8) is 0 Å². The number of fused-ring (bicyclic) bond motifs is 4. The Morgan fingerprint density at radius 2 is 1.37 bits per heavy atom. The number of ether oxygens (including phenoxy) is 1. The van der Waals surface area contributed by atoms with E-state index in [1.807, 2.05) is 18.2 Å². The van der Waals surface area contributed by atoms with Crippen LogP contribution in [0.4, 0.5) is 13.2 Å². The van der Waals surface area contributed by atoms with Gasteiger partial charge in [0, 0.05) is 10.9 Å². The van der Waals surface area contributed by atoms with Crippen molar-refractivity contribution in [1.29, 1.82) is 0 Å². The van der Waals surface area contributed by atoms with E-state index < -0.39 is 6.36 Å². The van der Waals surface area contributed by atoms with E-state index in [4.69, 9.17) is 0 Å². The van der Waals surface area contributed by atoms with Crippen LogP contribution in [0.1, 0.15) is 0 Å². The number of hydrogen-bond donors (Lipinski definition) is 0. The summed E-state index contributed by atoms with van der Waals surface area (Å²) in [7, 11) is 0. The largest absolute Gasteiger partial charge is 0.573 e. The molecule has 5 rings (SSSR count). The molecule has 2 aromatic heterocycles. The number of nitrogens with zero attached hydrogens (tertiary/aromatic N) is 3. The quantitative estimate of drug-likeness (QED) is 0.307. The zero-order chi connectivity index (χ0) is 20.9. The highest BCUT2D eigenvalue weighted by molar-refractivity contribution is 5.95. The first-order valence-corrected chi connectivity index (χ1v) is 8.97. The molecule has 5 aromatic rings. The van der Waals surface area contributed by atoms with Crippen LogP contribution in [0.5, 0.6) is 5.75 Å². The summed E-state index contributed by atoms with van der Waals surface area (Å²) in [5, 5.41) is 1.12. The zero-order valence-electron chi connectivity index (χ0n) is 15.2. The fraction of sp³-hybridized carbons (Fsp3) is 0.0455. The minimum absolute atomic E-state index is 0.283. The Balaban J connectivity index is 1.83. The Morgan fingerprint density at radius 1 is 0.767 bits per heavy atom. The number of benzene rings is 3. The Labute approximate surface area is 167 Å². The van der Waals surface area contributed by atoms with Gasteiger partial charge in [-0.1, -0.05) is 24.3 Å². The summed E-state index contributed by atoms with van der Waals surface area (Å²) < 4.78 is 42.7. The molecule has 148 valence electrons. The van der Waals surface area contributed by atoms with Crippen LogP contribution in [0.2, 0.25) is 0 Å². The summed E-state index contributed by atoms with van der Waals surface area (Å²) in [5.74, 6) is -0.0715. The predicted molar refractivity (Wildman–Crippen MR) is 106 cm³/mol. The molecule has 0 saturated carbocycles. The van der Waals surface area contributed by atoms with E-state index in [1.54, 1.807) is 30.3 Å². The van der Waals surface area contributed by atoms with Crippen molar-refractivity contribution in [3.05, 3.63) is 83.2 Å². The summed E-state index contributed by atoms with van der Waals surface area (Å²) in [6.45, 7) is 0. The lowest BCUT2D eigenvalue weighted by Gasteiger charge is -2.13. The number of alkyl halides is 3. The Morgan fingerprint density at radius 3 is 2.03 bits per heavy atom. The fourth-order valence-corrected chi connectivity index (χ4v) is 3.43. The molecule has 8 heteroatoms. The number of para-hydroxylation sites is 2. The van der Waals surface area contributed by atoms with Crippen LogP contribution < -0.4 is 10.3 Å². The van der Waals surface area contributed by atoms with E-state index in [-0.39, 0.29) is 17.1 Å². The van der Waals surface area contributed by atoms with Gasteiger partial charge in [-0.3, -0.25) is 4.79 Å². The van der Waals surface area contributed by atoms with Crippen LogP contribution in [0.25, 0.3) is 38.8 Å². The van der Waals surface area contributed by atoms with Gasteiger partial charge in [-0.05, 0) is 48.5 Å².